The average molecular weight is 468 g/mol. The van der Waals surface area contributed by atoms with Crippen LogP contribution in [-0.4, -0.2) is 40.5 Å². The first kappa shape index (κ1) is 22.6. The molecule has 166 valence electrons. The number of piperidine rings is 1. The van der Waals surface area contributed by atoms with Gasteiger partial charge in [0.05, 0.1) is 0 Å². The van der Waals surface area contributed by atoms with Crippen molar-refractivity contribution in [1.82, 2.24) is 20.3 Å². The van der Waals surface area contributed by atoms with E-state index >= 15 is 0 Å². The number of pyridine rings is 1. The van der Waals surface area contributed by atoms with Crippen LogP contribution in [0.2, 0.25) is 5.15 Å². The molecular formula is C24H26ClN5OS. The van der Waals surface area contributed by atoms with Gasteiger partial charge in [0.1, 0.15) is 11.0 Å². The third-order valence-electron chi connectivity index (χ3n) is 5.32. The molecule has 1 aliphatic heterocycles. The van der Waals surface area contributed by atoms with E-state index in [1.165, 1.54) is 19.3 Å². The molecule has 3 aromatic rings. The molecule has 4 rings (SSSR count). The van der Waals surface area contributed by atoms with Crippen LogP contribution >= 0.6 is 23.4 Å². The van der Waals surface area contributed by atoms with Crippen molar-refractivity contribution in [2.75, 3.05) is 24.5 Å². The van der Waals surface area contributed by atoms with Gasteiger partial charge in [-0.3, -0.25) is 9.78 Å². The zero-order chi connectivity index (χ0) is 22.2. The van der Waals surface area contributed by atoms with Crippen LogP contribution in [0, 0.1) is 0 Å². The van der Waals surface area contributed by atoms with Gasteiger partial charge in [0, 0.05) is 55.3 Å². The van der Waals surface area contributed by atoms with Crippen molar-refractivity contribution in [3.05, 3.63) is 76.7 Å². The van der Waals surface area contributed by atoms with E-state index in [-0.39, 0.29) is 5.91 Å². The number of rotatable bonds is 8. The van der Waals surface area contributed by atoms with Gasteiger partial charge in [0.15, 0.2) is 5.16 Å². The first-order valence-electron chi connectivity index (χ1n) is 10.9. The summed E-state index contributed by atoms with van der Waals surface area (Å²) in [6.07, 6.45) is 6.12. The van der Waals surface area contributed by atoms with Crippen molar-refractivity contribution in [3.8, 4) is 0 Å². The Morgan fingerprint density at radius 3 is 2.62 bits per heavy atom. The molecule has 1 N–H and O–H groups in total. The first-order valence-corrected chi connectivity index (χ1v) is 12.2. The fraction of sp³-hybridized carbons (Fsp3) is 0.333. The van der Waals surface area contributed by atoms with Gasteiger partial charge in [-0.2, -0.15) is 0 Å². The molecule has 2 aromatic heterocycles. The summed E-state index contributed by atoms with van der Waals surface area (Å²) >= 11 is 7.80. The summed E-state index contributed by atoms with van der Waals surface area (Å²) in [5.74, 6) is 1.54. The smallest absolute Gasteiger partial charge is 0.251 e. The second-order valence-electron chi connectivity index (χ2n) is 7.69. The Balaban J connectivity index is 1.29. The molecule has 8 heteroatoms. The minimum absolute atomic E-state index is 0.0792. The number of carbonyl (C=O) groups is 1. The van der Waals surface area contributed by atoms with Gasteiger partial charge in [-0.25, -0.2) is 9.97 Å². The molecular weight excluding hydrogens is 442 g/mol. The fourth-order valence-corrected chi connectivity index (χ4v) is 4.62. The van der Waals surface area contributed by atoms with E-state index in [9.17, 15) is 4.79 Å². The van der Waals surface area contributed by atoms with Crippen LogP contribution in [0.1, 0.15) is 40.9 Å². The van der Waals surface area contributed by atoms with Crippen LogP contribution in [0.25, 0.3) is 0 Å². The van der Waals surface area contributed by atoms with Gasteiger partial charge < -0.3 is 10.2 Å². The van der Waals surface area contributed by atoms with Gasteiger partial charge in [0.25, 0.3) is 5.91 Å². The van der Waals surface area contributed by atoms with Crippen molar-refractivity contribution in [1.29, 1.82) is 0 Å². The minimum atomic E-state index is -0.0792. The maximum absolute atomic E-state index is 12.4. The molecule has 3 heterocycles. The molecule has 1 aliphatic rings. The number of hydrogen-bond donors (Lipinski definition) is 1. The topological polar surface area (TPSA) is 71.0 Å². The number of halogens is 1. The SMILES string of the molecule is O=C(NCCc1ccccn1)c1ccc(CSc2nc(Cl)cc(N3CCCCC3)n2)cc1. The standard InChI is InChI=1S/C24H26ClN5OS/c25-21-16-22(30-14-4-1-5-15-30)29-24(28-21)32-17-18-7-9-19(10-8-18)23(31)27-13-11-20-6-2-3-12-26-20/h2-3,6-10,12,16H,1,4-5,11,13-15,17H2,(H,27,31). The van der Waals surface area contributed by atoms with Crippen molar-refractivity contribution in [2.45, 2.75) is 36.6 Å². The van der Waals surface area contributed by atoms with E-state index in [4.69, 9.17) is 16.6 Å². The third kappa shape index (κ3) is 6.43. The van der Waals surface area contributed by atoms with Crippen molar-refractivity contribution >= 4 is 35.1 Å². The Labute approximate surface area is 197 Å². The van der Waals surface area contributed by atoms with E-state index in [1.54, 1.807) is 18.0 Å². The van der Waals surface area contributed by atoms with E-state index in [1.807, 2.05) is 48.5 Å². The van der Waals surface area contributed by atoms with E-state index in [0.717, 1.165) is 30.2 Å². The predicted octanol–water partition coefficient (Wildman–Crippen LogP) is 4.78. The van der Waals surface area contributed by atoms with Gasteiger partial charge in [0.2, 0.25) is 0 Å². The zero-order valence-electron chi connectivity index (χ0n) is 17.8. The lowest BCUT2D eigenvalue weighted by atomic mass is 10.1. The van der Waals surface area contributed by atoms with Crippen molar-refractivity contribution in [2.24, 2.45) is 0 Å². The number of benzene rings is 1. The molecule has 1 saturated heterocycles. The Hall–Kier alpha value is -2.64. The highest BCUT2D eigenvalue weighted by molar-refractivity contribution is 7.98. The molecule has 0 spiro atoms. The Bertz CT molecular complexity index is 1030. The lowest BCUT2D eigenvalue weighted by Crippen LogP contribution is -2.30. The molecule has 6 nitrogen and oxygen atoms in total. The molecule has 1 aromatic carbocycles. The van der Waals surface area contributed by atoms with Crippen LogP contribution in [0.3, 0.4) is 0 Å². The summed E-state index contributed by atoms with van der Waals surface area (Å²) in [5, 5.41) is 4.09. The highest BCUT2D eigenvalue weighted by Crippen LogP contribution is 2.26. The number of aromatic nitrogens is 3. The maximum atomic E-state index is 12.4. The number of thioether (sulfide) groups is 1. The van der Waals surface area contributed by atoms with Crippen LogP contribution in [0.4, 0.5) is 5.82 Å². The summed E-state index contributed by atoms with van der Waals surface area (Å²) < 4.78 is 0. The minimum Gasteiger partial charge on any atom is -0.356 e. The van der Waals surface area contributed by atoms with Crippen LogP contribution < -0.4 is 10.2 Å². The van der Waals surface area contributed by atoms with Gasteiger partial charge in [-0.05, 0) is 49.1 Å². The number of amides is 1. The highest BCUT2D eigenvalue weighted by Gasteiger charge is 2.14. The van der Waals surface area contributed by atoms with Gasteiger partial charge in [-0.1, -0.05) is 41.6 Å². The molecule has 0 bridgehead atoms. The molecule has 1 amide bonds. The van der Waals surface area contributed by atoms with E-state index in [2.05, 4.69) is 20.2 Å². The number of anilines is 1. The third-order valence-corrected chi connectivity index (χ3v) is 6.43. The summed E-state index contributed by atoms with van der Waals surface area (Å²) in [6.45, 7) is 2.59. The second kappa shape index (κ2) is 11.3. The van der Waals surface area contributed by atoms with E-state index in [0.29, 0.717) is 34.6 Å². The number of nitrogens with zero attached hydrogens (tertiary/aromatic N) is 4. The molecule has 0 saturated carbocycles. The summed E-state index contributed by atoms with van der Waals surface area (Å²) in [7, 11) is 0. The molecule has 32 heavy (non-hydrogen) atoms. The lowest BCUT2D eigenvalue weighted by Gasteiger charge is -2.27. The van der Waals surface area contributed by atoms with Crippen LogP contribution in [0.15, 0.2) is 59.9 Å². The van der Waals surface area contributed by atoms with Crippen LogP contribution in [-0.2, 0) is 12.2 Å². The fourth-order valence-electron chi connectivity index (χ4n) is 3.59. The highest BCUT2D eigenvalue weighted by atomic mass is 35.5. The molecule has 1 fully saturated rings. The number of hydrogen-bond acceptors (Lipinski definition) is 6. The quantitative estimate of drug-likeness (QED) is 0.292. The molecule has 0 aliphatic carbocycles. The number of carbonyl (C=O) groups excluding carboxylic acids is 1. The second-order valence-corrected chi connectivity index (χ2v) is 9.02. The average Bonchev–Trinajstić information content (AvgIpc) is 2.84. The predicted molar refractivity (Wildman–Crippen MR) is 129 cm³/mol. The van der Waals surface area contributed by atoms with Crippen molar-refractivity contribution < 1.29 is 4.79 Å². The van der Waals surface area contributed by atoms with Crippen molar-refractivity contribution in [3.63, 3.8) is 0 Å². The summed E-state index contributed by atoms with van der Waals surface area (Å²) in [6, 6.07) is 15.3. The zero-order valence-corrected chi connectivity index (χ0v) is 19.4. The Morgan fingerprint density at radius 1 is 1.06 bits per heavy atom. The molecule has 0 unspecified atom stereocenters. The Kier molecular flexibility index (Phi) is 7.96. The molecule has 0 atom stereocenters. The first-order chi connectivity index (χ1) is 15.7. The molecule has 0 radical (unpaired) electrons. The van der Waals surface area contributed by atoms with Gasteiger partial charge in [-0.15, -0.1) is 0 Å². The van der Waals surface area contributed by atoms with E-state index < -0.39 is 0 Å². The van der Waals surface area contributed by atoms with Gasteiger partial charge >= 0.3 is 0 Å². The summed E-state index contributed by atoms with van der Waals surface area (Å²) in [4.78, 5) is 28.0. The number of nitrogens with one attached hydrogen (secondary N) is 1. The largest absolute Gasteiger partial charge is 0.356 e. The Morgan fingerprint density at radius 2 is 1.88 bits per heavy atom. The monoisotopic (exact) mass is 467 g/mol. The summed E-state index contributed by atoms with van der Waals surface area (Å²) in [5.41, 5.74) is 2.71. The maximum Gasteiger partial charge on any atom is 0.251 e. The normalized spacial score (nSPS) is 13.7. The van der Waals surface area contributed by atoms with Crippen LogP contribution in [0.5, 0.6) is 0 Å². The lowest BCUT2D eigenvalue weighted by molar-refractivity contribution is 0.0954.